The number of fused-ring (bicyclic) bond motifs is 1. The third-order valence-electron chi connectivity index (χ3n) is 5.37. The van der Waals surface area contributed by atoms with Gasteiger partial charge in [0, 0.05) is 39.3 Å². The molecule has 1 heterocycles. The Bertz CT molecular complexity index is 1300. The lowest BCUT2D eigenvalue weighted by molar-refractivity contribution is 0.0989. The van der Waals surface area contributed by atoms with Crippen LogP contribution in [0.2, 0.25) is 0 Å². The van der Waals surface area contributed by atoms with Gasteiger partial charge in [0.2, 0.25) is 0 Å². The van der Waals surface area contributed by atoms with Crippen LogP contribution in [0, 0.1) is 0 Å². The lowest BCUT2D eigenvalue weighted by Gasteiger charge is -2.01. The molecule has 0 spiro atoms. The highest BCUT2D eigenvalue weighted by molar-refractivity contribution is 6.39. The summed E-state index contributed by atoms with van der Waals surface area (Å²) in [5.74, 6) is -0.381. The summed E-state index contributed by atoms with van der Waals surface area (Å²) < 4.78 is 2.23. The van der Waals surface area contributed by atoms with E-state index in [2.05, 4.69) is 41.8 Å². The number of benzene rings is 3. The van der Waals surface area contributed by atoms with E-state index in [-0.39, 0.29) is 17.1 Å². The molecular weight excluding hydrogens is 334 g/mol. The van der Waals surface area contributed by atoms with Gasteiger partial charge in [0.05, 0.1) is 5.57 Å². The van der Waals surface area contributed by atoms with E-state index in [1.165, 1.54) is 16.3 Å². The predicted octanol–water partition coefficient (Wildman–Crippen LogP) is 4.32. The number of aromatic nitrogens is 1. The third-order valence-corrected chi connectivity index (χ3v) is 5.37. The summed E-state index contributed by atoms with van der Waals surface area (Å²) in [7, 11) is 0. The number of aryl methyl sites for hydroxylation is 1. The number of ketones is 2. The first-order valence-corrected chi connectivity index (χ1v) is 9.10. The number of carbonyl (C=O) groups excluding carboxylic acids is 2. The normalized spacial score (nSPS) is 14.6. The van der Waals surface area contributed by atoms with Gasteiger partial charge in [-0.1, -0.05) is 54.6 Å². The topological polar surface area (TPSA) is 39.1 Å². The van der Waals surface area contributed by atoms with Gasteiger partial charge < -0.3 is 4.57 Å². The molecule has 1 aliphatic rings. The molecule has 1 aromatic heterocycles. The maximum absolute atomic E-state index is 12.6. The van der Waals surface area contributed by atoms with Crippen molar-refractivity contribution in [1.29, 1.82) is 0 Å². The smallest absolute Gasteiger partial charge is 0.197 e. The first-order chi connectivity index (χ1) is 13.2. The average Bonchev–Trinajstić information content (AvgIpc) is 3.14. The molecule has 0 aliphatic heterocycles. The summed E-state index contributed by atoms with van der Waals surface area (Å²) in [6.45, 7) is 2.92. The zero-order chi connectivity index (χ0) is 18.5. The molecular formula is C24H17NO2. The van der Waals surface area contributed by atoms with Crippen LogP contribution in [-0.2, 0) is 6.54 Å². The van der Waals surface area contributed by atoms with Gasteiger partial charge in [0.25, 0.3) is 0 Å². The molecule has 0 bridgehead atoms. The minimum atomic E-state index is -0.191. The van der Waals surface area contributed by atoms with Crippen molar-refractivity contribution in [3.63, 3.8) is 0 Å². The fourth-order valence-electron chi connectivity index (χ4n) is 4.14. The Morgan fingerprint density at radius 1 is 0.815 bits per heavy atom. The molecule has 4 aromatic rings. The van der Waals surface area contributed by atoms with Crippen LogP contribution in [0.25, 0.3) is 27.8 Å². The van der Waals surface area contributed by atoms with Crippen molar-refractivity contribution in [3.8, 4) is 0 Å². The van der Waals surface area contributed by atoms with E-state index in [0.29, 0.717) is 11.1 Å². The van der Waals surface area contributed by atoms with E-state index >= 15 is 0 Å². The highest BCUT2D eigenvalue weighted by atomic mass is 16.2. The number of hydrogen-bond donors (Lipinski definition) is 0. The second-order valence-electron chi connectivity index (χ2n) is 6.76. The van der Waals surface area contributed by atoms with Crippen LogP contribution in [0.4, 0.5) is 0 Å². The van der Waals surface area contributed by atoms with Gasteiger partial charge in [-0.25, -0.2) is 0 Å². The minimum Gasteiger partial charge on any atom is -0.341 e. The Morgan fingerprint density at radius 3 is 2.15 bits per heavy atom. The molecule has 5 rings (SSSR count). The van der Waals surface area contributed by atoms with E-state index in [9.17, 15) is 9.59 Å². The van der Waals surface area contributed by atoms with E-state index < -0.39 is 0 Å². The fourth-order valence-corrected chi connectivity index (χ4v) is 4.14. The molecule has 0 unspecified atom stereocenters. The van der Waals surface area contributed by atoms with Crippen molar-refractivity contribution < 1.29 is 9.59 Å². The molecule has 3 heteroatoms. The molecule has 0 saturated heterocycles. The molecule has 3 nitrogen and oxygen atoms in total. The van der Waals surface area contributed by atoms with Crippen LogP contribution in [0.1, 0.15) is 27.6 Å². The molecule has 0 amide bonds. The van der Waals surface area contributed by atoms with Crippen LogP contribution >= 0.6 is 0 Å². The van der Waals surface area contributed by atoms with Gasteiger partial charge in [-0.15, -0.1) is 0 Å². The second-order valence-corrected chi connectivity index (χ2v) is 6.76. The van der Waals surface area contributed by atoms with Crippen LogP contribution < -0.4 is 5.35 Å². The van der Waals surface area contributed by atoms with Crippen molar-refractivity contribution >= 4 is 39.3 Å². The van der Waals surface area contributed by atoms with Gasteiger partial charge in [-0.05, 0) is 30.5 Å². The summed E-state index contributed by atoms with van der Waals surface area (Å²) in [5.41, 5.74) is 2.40. The van der Waals surface area contributed by atoms with Crippen molar-refractivity contribution in [2.45, 2.75) is 13.5 Å². The van der Waals surface area contributed by atoms with Crippen molar-refractivity contribution in [2.24, 2.45) is 0 Å². The van der Waals surface area contributed by atoms with Gasteiger partial charge in [0.1, 0.15) is 0 Å². The van der Waals surface area contributed by atoms with Crippen LogP contribution in [0.3, 0.4) is 0 Å². The van der Waals surface area contributed by atoms with Crippen LogP contribution in [-0.4, -0.2) is 16.1 Å². The highest BCUT2D eigenvalue weighted by Crippen LogP contribution is 2.27. The molecule has 0 fully saturated rings. The monoisotopic (exact) mass is 351 g/mol. The fraction of sp³-hybridized carbons (Fsp3) is 0.0833. The van der Waals surface area contributed by atoms with E-state index in [1.54, 1.807) is 30.3 Å². The molecule has 0 radical (unpaired) electrons. The Kier molecular flexibility index (Phi) is 3.37. The van der Waals surface area contributed by atoms with Gasteiger partial charge in [-0.3, -0.25) is 9.59 Å². The van der Waals surface area contributed by atoms with E-state index in [1.807, 2.05) is 12.1 Å². The summed E-state index contributed by atoms with van der Waals surface area (Å²) >= 11 is 0. The second kappa shape index (κ2) is 5.78. The summed E-state index contributed by atoms with van der Waals surface area (Å²) in [4.78, 5) is 25.3. The average molecular weight is 351 g/mol. The Morgan fingerprint density at radius 2 is 1.48 bits per heavy atom. The SMILES string of the molecule is CCn1c(=CC=C2C(=O)c3ccccc3C2=O)c2cccc3cccc1c32. The lowest BCUT2D eigenvalue weighted by Crippen LogP contribution is -2.15. The van der Waals surface area contributed by atoms with E-state index in [0.717, 1.165) is 17.3 Å². The molecule has 0 N–H and O–H groups in total. The maximum Gasteiger partial charge on any atom is 0.197 e. The zero-order valence-electron chi connectivity index (χ0n) is 14.9. The first-order valence-electron chi connectivity index (χ1n) is 9.10. The molecule has 0 saturated carbocycles. The van der Waals surface area contributed by atoms with Gasteiger partial charge >= 0.3 is 0 Å². The number of nitrogens with zero attached hydrogens (tertiary/aromatic N) is 1. The van der Waals surface area contributed by atoms with Crippen molar-refractivity contribution in [1.82, 2.24) is 4.57 Å². The van der Waals surface area contributed by atoms with Crippen LogP contribution in [0.5, 0.6) is 0 Å². The Hall–Kier alpha value is -3.46. The molecule has 1 aliphatic carbocycles. The first kappa shape index (κ1) is 15.8. The number of carbonyl (C=O) groups is 2. The molecule has 3 aromatic carbocycles. The summed E-state index contributed by atoms with van der Waals surface area (Å²) in [6, 6.07) is 19.6. The third kappa shape index (κ3) is 2.15. The number of Topliss-reactive ketones (excluding diaryl/α,β-unsaturated/α-hetero) is 2. The summed E-state index contributed by atoms with van der Waals surface area (Å²) in [5, 5.41) is 4.57. The summed E-state index contributed by atoms with van der Waals surface area (Å²) in [6.07, 6.45) is 3.60. The predicted molar refractivity (Wildman–Crippen MR) is 108 cm³/mol. The van der Waals surface area contributed by atoms with Crippen molar-refractivity contribution in [3.05, 3.63) is 88.8 Å². The Labute approximate surface area is 156 Å². The molecule has 0 atom stereocenters. The van der Waals surface area contributed by atoms with Crippen molar-refractivity contribution in [2.75, 3.05) is 0 Å². The van der Waals surface area contributed by atoms with Gasteiger partial charge in [-0.2, -0.15) is 0 Å². The molecule has 130 valence electrons. The zero-order valence-corrected chi connectivity index (χ0v) is 14.9. The van der Waals surface area contributed by atoms with E-state index in [4.69, 9.17) is 0 Å². The number of hydrogen-bond acceptors (Lipinski definition) is 2. The number of rotatable bonds is 2. The standard InChI is InChI=1S/C24H17NO2/c1-2-25-20(18-11-5-7-15-8-6-12-21(25)22(15)18)14-13-19-23(26)16-9-3-4-10-17(16)24(19)27/h3-14H,2H2,1H3. The molecule has 27 heavy (non-hydrogen) atoms. The number of allylic oxidation sites excluding steroid dienone is 2. The minimum absolute atomic E-state index is 0.191. The highest BCUT2D eigenvalue weighted by Gasteiger charge is 2.32. The quantitative estimate of drug-likeness (QED) is 0.398. The van der Waals surface area contributed by atoms with Crippen LogP contribution in [0.15, 0.2) is 72.3 Å². The maximum atomic E-state index is 12.6. The van der Waals surface area contributed by atoms with Gasteiger partial charge in [0.15, 0.2) is 11.6 Å². The lowest BCUT2D eigenvalue weighted by atomic mass is 10.1. The Balaban J connectivity index is 1.77. The largest absolute Gasteiger partial charge is 0.341 e.